The molecule has 3 nitrogen and oxygen atoms in total. The normalized spacial score (nSPS) is 11.1. The highest BCUT2D eigenvalue weighted by atomic mass is 32.1. The molecule has 0 fully saturated rings. The van der Waals surface area contributed by atoms with Gasteiger partial charge < -0.3 is 5.32 Å². The predicted molar refractivity (Wildman–Crippen MR) is 65.2 cm³/mol. The van der Waals surface area contributed by atoms with E-state index in [-0.39, 0.29) is 5.41 Å². The van der Waals surface area contributed by atoms with E-state index in [0.717, 1.165) is 30.3 Å². The van der Waals surface area contributed by atoms with Crippen molar-refractivity contribution in [2.75, 3.05) is 11.9 Å². The third-order valence-electron chi connectivity index (χ3n) is 1.87. The fraction of sp³-hybridized carbons (Fsp3) is 0.636. The van der Waals surface area contributed by atoms with Crippen LogP contribution >= 0.6 is 11.5 Å². The van der Waals surface area contributed by atoms with Gasteiger partial charge in [0.05, 0.1) is 0 Å². The molecule has 4 heteroatoms. The number of aromatic nitrogens is 2. The van der Waals surface area contributed by atoms with E-state index in [1.165, 1.54) is 11.5 Å². The molecule has 0 atom stereocenters. The topological polar surface area (TPSA) is 37.8 Å². The largest absolute Gasteiger partial charge is 0.360 e. The van der Waals surface area contributed by atoms with Crippen LogP contribution in [0.1, 0.15) is 39.4 Å². The smallest absolute Gasteiger partial charge is 0.202 e. The Morgan fingerprint density at radius 3 is 2.73 bits per heavy atom. The molecule has 0 saturated carbocycles. The van der Waals surface area contributed by atoms with Gasteiger partial charge >= 0.3 is 0 Å². The fourth-order valence-corrected chi connectivity index (χ4v) is 1.77. The lowest BCUT2D eigenvalue weighted by atomic mass is 9.96. The van der Waals surface area contributed by atoms with E-state index in [9.17, 15) is 0 Å². The van der Waals surface area contributed by atoms with Crippen LogP contribution in [0.3, 0.4) is 0 Å². The quantitative estimate of drug-likeness (QED) is 0.630. The van der Waals surface area contributed by atoms with Gasteiger partial charge in [-0.3, -0.25) is 0 Å². The van der Waals surface area contributed by atoms with Gasteiger partial charge in [0.15, 0.2) is 0 Å². The molecular formula is C11H17N3S. The molecule has 0 saturated heterocycles. The molecule has 0 radical (unpaired) electrons. The van der Waals surface area contributed by atoms with E-state index in [2.05, 4.69) is 41.4 Å². The molecule has 0 aromatic carbocycles. The van der Waals surface area contributed by atoms with Crippen molar-refractivity contribution in [1.82, 2.24) is 9.36 Å². The van der Waals surface area contributed by atoms with Crippen molar-refractivity contribution < 1.29 is 0 Å². The lowest BCUT2D eigenvalue weighted by Gasteiger charge is -2.12. The summed E-state index contributed by atoms with van der Waals surface area (Å²) in [4.78, 5) is 4.42. The third-order valence-corrected chi connectivity index (χ3v) is 2.54. The molecule has 0 spiro atoms. The molecule has 0 aliphatic rings. The van der Waals surface area contributed by atoms with Gasteiger partial charge in [0.2, 0.25) is 5.13 Å². The average Bonchev–Trinajstić information content (AvgIpc) is 2.60. The Morgan fingerprint density at radius 1 is 1.47 bits per heavy atom. The average molecular weight is 223 g/mol. The Balaban J connectivity index is 2.44. The zero-order chi connectivity index (χ0) is 11.3. The van der Waals surface area contributed by atoms with Crippen LogP contribution in [0.25, 0.3) is 0 Å². The minimum absolute atomic E-state index is 0.0231. The van der Waals surface area contributed by atoms with Gasteiger partial charge in [0, 0.05) is 29.9 Å². The summed E-state index contributed by atoms with van der Waals surface area (Å²) in [5.41, 5.74) is 0.0231. The third kappa shape index (κ3) is 3.88. The van der Waals surface area contributed by atoms with Crippen LogP contribution < -0.4 is 5.32 Å². The van der Waals surface area contributed by atoms with E-state index < -0.39 is 0 Å². The summed E-state index contributed by atoms with van der Waals surface area (Å²) < 4.78 is 4.31. The fourth-order valence-electron chi connectivity index (χ4n) is 0.986. The van der Waals surface area contributed by atoms with Crippen LogP contribution in [0.4, 0.5) is 5.13 Å². The van der Waals surface area contributed by atoms with Gasteiger partial charge in [-0.25, -0.2) is 4.98 Å². The van der Waals surface area contributed by atoms with E-state index >= 15 is 0 Å². The molecule has 1 aromatic rings. The van der Waals surface area contributed by atoms with Crippen molar-refractivity contribution in [2.24, 2.45) is 0 Å². The van der Waals surface area contributed by atoms with Crippen LogP contribution in [0.15, 0.2) is 0 Å². The number of terminal acetylenes is 1. The summed E-state index contributed by atoms with van der Waals surface area (Å²) in [6.45, 7) is 7.19. The van der Waals surface area contributed by atoms with Crippen LogP contribution in [-0.2, 0) is 5.41 Å². The summed E-state index contributed by atoms with van der Waals surface area (Å²) >= 11 is 1.41. The second-order valence-corrected chi connectivity index (χ2v) is 5.16. The number of unbranched alkanes of at least 4 members (excludes halogenated alkanes) is 1. The monoisotopic (exact) mass is 223 g/mol. The Kier molecular flexibility index (Phi) is 4.10. The highest BCUT2D eigenvalue weighted by Crippen LogP contribution is 2.22. The number of rotatable bonds is 4. The van der Waals surface area contributed by atoms with Gasteiger partial charge in [-0.1, -0.05) is 20.8 Å². The lowest BCUT2D eigenvalue weighted by molar-refractivity contribution is 0.555. The summed E-state index contributed by atoms with van der Waals surface area (Å²) in [5, 5.41) is 4.11. The first-order chi connectivity index (χ1) is 7.04. The number of hydrogen-bond acceptors (Lipinski definition) is 4. The van der Waals surface area contributed by atoms with Crippen LogP contribution in [0.5, 0.6) is 0 Å². The van der Waals surface area contributed by atoms with Gasteiger partial charge in [0.25, 0.3) is 0 Å². The summed E-state index contributed by atoms with van der Waals surface area (Å²) in [6.07, 6.45) is 6.94. The molecule has 0 aliphatic carbocycles. The molecular weight excluding hydrogens is 206 g/mol. The zero-order valence-electron chi connectivity index (χ0n) is 9.50. The van der Waals surface area contributed by atoms with Gasteiger partial charge in [-0.2, -0.15) is 4.37 Å². The number of anilines is 1. The number of nitrogens with one attached hydrogen (secondary N) is 1. The van der Waals surface area contributed by atoms with Gasteiger partial charge in [-0.15, -0.1) is 12.3 Å². The number of nitrogens with zero attached hydrogens (tertiary/aromatic N) is 2. The Morgan fingerprint density at radius 2 is 2.20 bits per heavy atom. The Hall–Kier alpha value is -1.08. The van der Waals surface area contributed by atoms with E-state index in [1.807, 2.05) is 0 Å². The molecule has 0 aliphatic heterocycles. The van der Waals surface area contributed by atoms with Crippen molar-refractivity contribution >= 4 is 16.7 Å². The first-order valence-corrected chi connectivity index (χ1v) is 5.83. The van der Waals surface area contributed by atoms with Crippen molar-refractivity contribution in [3.63, 3.8) is 0 Å². The van der Waals surface area contributed by atoms with Crippen molar-refractivity contribution in [2.45, 2.75) is 39.0 Å². The predicted octanol–water partition coefficient (Wildman–Crippen LogP) is 2.66. The molecule has 1 N–H and O–H groups in total. The second-order valence-electron chi connectivity index (χ2n) is 4.41. The SMILES string of the molecule is C#CCCCNc1nc(C(C)(C)C)ns1. The Bertz CT molecular complexity index is 343. The van der Waals surface area contributed by atoms with Crippen molar-refractivity contribution in [1.29, 1.82) is 0 Å². The number of hydrogen-bond donors (Lipinski definition) is 1. The van der Waals surface area contributed by atoms with E-state index in [0.29, 0.717) is 0 Å². The minimum Gasteiger partial charge on any atom is -0.360 e. The summed E-state index contributed by atoms with van der Waals surface area (Å²) in [5.74, 6) is 3.51. The summed E-state index contributed by atoms with van der Waals surface area (Å²) in [6, 6.07) is 0. The van der Waals surface area contributed by atoms with Gasteiger partial charge in [0.1, 0.15) is 5.82 Å². The van der Waals surface area contributed by atoms with Crippen LogP contribution in [-0.4, -0.2) is 15.9 Å². The van der Waals surface area contributed by atoms with E-state index in [4.69, 9.17) is 6.42 Å². The maximum absolute atomic E-state index is 5.17. The van der Waals surface area contributed by atoms with Crippen molar-refractivity contribution in [3.05, 3.63) is 5.82 Å². The van der Waals surface area contributed by atoms with Gasteiger partial charge in [-0.05, 0) is 6.42 Å². The molecule has 1 aromatic heterocycles. The Labute approximate surface area is 95.5 Å². The first-order valence-electron chi connectivity index (χ1n) is 5.05. The molecule has 82 valence electrons. The van der Waals surface area contributed by atoms with E-state index in [1.54, 1.807) is 0 Å². The zero-order valence-corrected chi connectivity index (χ0v) is 10.3. The molecule has 1 heterocycles. The first kappa shape index (κ1) is 12.0. The van der Waals surface area contributed by atoms with Crippen molar-refractivity contribution in [3.8, 4) is 12.3 Å². The van der Waals surface area contributed by atoms with Crippen LogP contribution in [0, 0.1) is 12.3 Å². The molecule has 0 amide bonds. The molecule has 0 bridgehead atoms. The second kappa shape index (κ2) is 5.13. The summed E-state index contributed by atoms with van der Waals surface area (Å²) in [7, 11) is 0. The highest BCUT2D eigenvalue weighted by molar-refractivity contribution is 7.09. The molecule has 1 rings (SSSR count). The standard InChI is InChI=1S/C11H17N3S/c1-5-6-7-8-12-10-13-9(14-15-10)11(2,3)4/h1H,6-8H2,2-4H3,(H,12,13,14). The molecule has 15 heavy (non-hydrogen) atoms. The maximum atomic E-state index is 5.17. The maximum Gasteiger partial charge on any atom is 0.202 e. The minimum atomic E-state index is 0.0231. The molecule has 0 unspecified atom stereocenters. The highest BCUT2D eigenvalue weighted by Gasteiger charge is 2.19. The lowest BCUT2D eigenvalue weighted by Crippen LogP contribution is -2.13. The van der Waals surface area contributed by atoms with Crippen LogP contribution in [0.2, 0.25) is 0 Å².